The second-order valence-electron chi connectivity index (χ2n) is 9.71. The topological polar surface area (TPSA) is 92.1 Å². The molecule has 2 aromatic heterocycles. The summed E-state index contributed by atoms with van der Waals surface area (Å²) in [5.41, 5.74) is 0.0126. The standard InChI is InChI=1S/C23H25F4N5O2S/c1-22(2)9-16(30-21(22)33)20-31-19(32-34-20)18-12(8-23(25,26)27)11-4-3-5-15(17(11)35-18)29-14-6-7-28-10-13(14)24/h3-5,13-14,16,28-29H,6-10H2,1-2H3,(H,30,33)/t13-,14+,16+/m0/s1. The third kappa shape index (κ3) is 4.73. The summed E-state index contributed by atoms with van der Waals surface area (Å²) in [6.07, 6.45) is -5.74. The third-order valence-corrected chi connectivity index (χ3v) is 7.80. The number of amides is 1. The Labute approximate surface area is 202 Å². The number of aromatic nitrogens is 2. The zero-order valence-electron chi connectivity index (χ0n) is 19.1. The van der Waals surface area contributed by atoms with Crippen molar-refractivity contribution in [2.24, 2.45) is 5.41 Å². The molecule has 3 aromatic rings. The van der Waals surface area contributed by atoms with Gasteiger partial charge in [0.05, 0.1) is 27.7 Å². The lowest BCUT2D eigenvalue weighted by Crippen LogP contribution is -2.45. The molecule has 1 amide bonds. The normalized spacial score (nSPS) is 24.6. The number of alkyl halides is 4. The van der Waals surface area contributed by atoms with Crippen molar-refractivity contribution in [3.05, 3.63) is 29.7 Å². The number of anilines is 1. The number of halogens is 4. The first kappa shape index (κ1) is 24.0. The molecule has 0 saturated carbocycles. The number of carbonyl (C=O) groups is 1. The van der Waals surface area contributed by atoms with Crippen LogP contribution in [0.4, 0.5) is 23.2 Å². The van der Waals surface area contributed by atoms with E-state index in [-0.39, 0.29) is 34.6 Å². The van der Waals surface area contributed by atoms with Crippen molar-refractivity contribution in [2.45, 2.75) is 57.5 Å². The number of nitrogens with one attached hydrogen (secondary N) is 3. The van der Waals surface area contributed by atoms with Crippen molar-refractivity contribution in [1.29, 1.82) is 0 Å². The highest BCUT2D eigenvalue weighted by molar-refractivity contribution is 7.23. The molecule has 2 aliphatic heterocycles. The number of rotatable bonds is 5. The predicted molar refractivity (Wildman–Crippen MR) is 124 cm³/mol. The Balaban J connectivity index is 1.54. The van der Waals surface area contributed by atoms with Crippen LogP contribution in [0.5, 0.6) is 0 Å². The van der Waals surface area contributed by atoms with Gasteiger partial charge in [-0.15, -0.1) is 11.3 Å². The van der Waals surface area contributed by atoms with Crippen LogP contribution in [0.2, 0.25) is 0 Å². The Hall–Kier alpha value is -2.73. The number of hydrogen-bond donors (Lipinski definition) is 3. The molecule has 0 unspecified atom stereocenters. The average Bonchev–Trinajstić information content (AvgIpc) is 3.46. The molecule has 2 fully saturated rings. The Morgan fingerprint density at radius 1 is 1.31 bits per heavy atom. The Morgan fingerprint density at radius 3 is 2.80 bits per heavy atom. The summed E-state index contributed by atoms with van der Waals surface area (Å²) in [5.74, 6) is 0.0416. The van der Waals surface area contributed by atoms with Gasteiger partial charge in [0.1, 0.15) is 12.2 Å². The summed E-state index contributed by atoms with van der Waals surface area (Å²) in [4.78, 5) is 16.8. The molecule has 3 atom stereocenters. The van der Waals surface area contributed by atoms with E-state index in [1.807, 2.05) is 0 Å². The monoisotopic (exact) mass is 511 g/mol. The SMILES string of the molecule is CC1(C)C[C@H](c2nc(-c3sc4c(N[C@@H]5CCNC[C@@H]5F)cccc4c3CC(F)(F)F)no2)NC1=O. The number of fused-ring (bicyclic) bond motifs is 1. The molecule has 35 heavy (non-hydrogen) atoms. The molecule has 0 spiro atoms. The van der Waals surface area contributed by atoms with Gasteiger partial charge >= 0.3 is 6.18 Å². The number of benzene rings is 1. The van der Waals surface area contributed by atoms with Crippen molar-refractivity contribution in [1.82, 2.24) is 20.8 Å². The van der Waals surface area contributed by atoms with Crippen LogP contribution in [0.25, 0.3) is 20.8 Å². The molecule has 0 radical (unpaired) electrons. The summed E-state index contributed by atoms with van der Waals surface area (Å²) in [7, 11) is 0. The second-order valence-corrected chi connectivity index (χ2v) is 10.7. The molecular formula is C23H25F4N5O2S. The maximum atomic E-state index is 14.4. The van der Waals surface area contributed by atoms with Crippen molar-refractivity contribution in [3.8, 4) is 10.7 Å². The van der Waals surface area contributed by atoms with Gasteiger partial charge in [0.25, 0.3) is 0 Å². The highest BCUT2D eigenvalue weighted by atomic mass is 32.1. The molecule has 12 heteroatoms. The van der Waals surface area contributed by atoms with Crippen LogP contribution >= 0.6 is 11.3 Å². The highest BCUT2D eigenvalue weighted by Gasteiger charge is 2.42. The minimum atomic E-state index is -4.46. The molecule has 1 aromatic carbocycles. The van der Waals surface area contributed by atoms with Gasteiger partial charge in [-0.2, -0.15) is 18.2 Å². The van der Waals surface area contributed by atoms with Crippen molar-refractivity contribution >= 4 is 33.0 Å². The summed E-state index contributed by atoms with van der Waals surface area (Å²) in [6, 6.07) is 4.08. The lowest BCUT2D eigenvalue weighted by atomic mass is 9.90. The number of nitrogens with zero attached hydrogens (tertiary/aromatic N) is 2. The zero-order chi connectivity index (χ0) is 25.0. The van der Waals surface area contributed by atoms with E-state index in [0.29, 0.717) is 35.2 Å². The summed E-state index contributed by atoms with van der Waals surface area (Å²) in [5, 5.41) is 13.4. The predicted octanol–water partition coefficient (Wildman–Crippen LogP) is 4.76. The van der Waals surface area contributed by atoms with Gasteiger partial charge in [-0.3, -0.25) is 4.79 Å². The summed E-state index contributed by atoms with van der Waals surface area (Å²) < 4.78 is 61.1. The lowest BCUT2D eigenvalue weighted by Gasteiger charge is -2.28. The van der Waals surface area contributed by atoms with E-state index in [0.717, 1.165) is 11.3 Å². The van der Waals surface area contributed by atoms with Crippen molar-refractivity contribution in [3.63, 3.8) is 0 Å². The van der Waals surface area contributed by atoms with E-state index in [2.05, 4.69) is 26.1 Å². The first-order valence-electron chi connectivity index (χ1n) is 11.4. The minimum Gasteiger partial charge on any atom is -0.378 e. The molecule has 0 aliphatic carbocycles. The van der Waals surface area contributed by atoms with Crippen molar-refractivity contribution < 1.29 is 26.9 Å². The number of thiophene rings is 1. The van der Waals surface area contributed by atoms with E-state index in [1.165, 1.54) is 0 Å². The third-order valence-electron chi connectivity index (χ3n) is 6.52. The fraction of sp³-hybridized carbons (Fsp3) is 0.522. The van der Waals surface area contributed by atoms with Crippen LogP contribution in [0, 0.1) is 5.41 Å². The molecular weight excluding hydrogens is 486 g/mol. The Bertz CT molecular complexity index is 1250. The maximum absolute atomic E-state index is 14.4. The van der Waals surface area contributed by atoms with Crippen molar-refractivity contribution in [2.75, 3.05) is 18.4 Å². The van der Waals surface area contributed by atoms with Gasteiger partial charge in [0, 0.05) is 12.0 Å². The quantitative estimate of drug-likeness (QED) is 0.428. The average molecular weight is 512 g/mol. The number of carbonyl (C=O) groups excluding carboxylic acids is 1. The van der Waals surface area contributed by atoms with Gasteiger partial charge in [-0.05, 0) is 36.4 Å². The minimum absolute atomic E-state index is 0.0376. The zero-order valence-corrected chi connectivity index (χ0v) is 19.9. The van der Waals surface area contributed by atoms with Crippen LogP contribution in [0.3, 0.4) is 0 Å². The summed E-state index contributed by atoms with van der Waals surface area (Å²) >= 11 is 1.12. The fourth-order valence-electron chi connectivity index (χ4n) is 4.65. The molecule has 7 nitrogen and oxygen atoms in total. The Kier molecular flexibility index (Phi) is 5.99. The van der Waals surface area contributed by atoms with E-state index < -0.39 is 36.3 Å². The van der Waals surface area contributed by atoms with E-state index in [1.54, 1.807) is 32.0 Å². The van der Waals surface area contributed by atoms with E-state index in [9.17, 15) is 22.4 Å². The smallest absolute Gasteiger partial charge is 0.378 e. The first-order valence-corrected chi connectivity index (χ1v) is 12.2. The fourth-order valence-corrected chi connectivity index (χ4v) is 5.87. The van der Waals surface area contributed by atoms with Crippen LogP contribution in [0.1, 0.15) is 44.2 Å². The van der Waals surface area contributed by atoms with E-state index >= 15 is 0 Å². The summed E-state index contributed by atoms with van der Waals surface area (Å²) in [6.45, 7) is 4.48. The van der Waals surface area contributed by atoms with Gasteiger partial charge in [-0.1, -0.05) is 31.1 Å². The molecule has 3 N–H and O–H groups in total. The van der Waals surface area contributed by atoms with E-state index in [4.69, 9.17) is 4.52 Å². The lowest BCUT2D eigenvalue weighted by molar-refractivity contribution is -0.127. The van der Waals surface area contributed by atoms with Crippen LogP contribution in [-0.4, -0.2) is 47.5 Å². The first-order chi connectivity index (χ1) is 16.5. The van der Waals surface area contributed by atoms with Gasteiger partial charge in [-0.25, -0.2) is 4.39 Å². The molecule has 0 bridgehead atoms. The molecule has 2 aliphatic rings. The maximum Gasteiger partial charge on any atom is 0.393 e. The largest absolute Gasteiger partial charge is 0.393 e. The molecule has 5 rings (SSSR count). The van der Waals surface area contributed by atoms with Crippen LogP contribution in [-0.2, 0) is 11.2 Å². The van der Waals surface area contributed by atoms with Gasteiger partial charge < -0.3 is 20.5 Å². The van der Waals surface area contributed by atoms with Crippen LogP contribution < -0.4 is 16.0 Å². The molecule has 2 saturated heterocycles. The highest BCUT2D eigenvalue weighted by Crippen LogP contribution is 2.44. The number of piperidine rings is 1. The molecule has 4 heterocycles. The van der Waals surface area contributed by atoms with Crippen LogP contribution in [0.15, 0.2) is 22.7 Å². The van der Waals surface area contributed by atoms with Gasteiger partial charge in [0.15, 0.2) is 0 Å². The number of hydrogen-bond acceptors (Lipinski definition) is 7. The molecule has 188 valence electrons. The second kappa shape index (κ2) is 8.74. The van der Waals surface area contributed by atoms with Gasteiger partial charge in [0.2, 0.25) is 17.6 Å². The Morgan fingerprint density at radius 2 is 2.11 bits per heavy atom.